The molecular weight excluding hydrogens is 408 g/mol. The van der Waals surface area contributed by atoms with Crippen molar-refractivity contribution in [1.29, 1.82) is 0 Å². The Labute approximate surface area is 160 Å². The van der Waals surface area contributed by atoms with E-state index in [-0.39, 0.29) is 12.3 Å². The molecule has 1 N–H and O–H groups in total. The smallest absolute Gasteiger partial charge is 0.228 e. The number of nitrogens with one attached hydrogen (secondary N) is 1. The number of halogens is 2. The first-order chi connectivity index (χ1) is 11.9. The summed E-state index contributed by atoms with van der Waals surface area (Å²) in [7, 11) is 3.83. The van der Waals surface area contributed by atoms with Crippen molar-refractivity contribution in [3.8, 4) is 11.5 Å². The van der Waals surface area contributed by atoms with E-state index in [4.69, 9.17) is 21.1 Å². The predicted octanol–water partition coefficient (Wildman–Crippen LogP) is 4.12. The molecule has 0 atom stereocenters. The second-order valence-electron chi connectivity index (χ2n) is 5.87. The maximum Gasteiger partial charge on any atom is 0.228 e. The van der Waals surface area contributed by atoms with Gasteiger partial charge in [-0.25, -0.2) is 0 Å². The summed E-state index contributed by atoms with van der Waals surface area (Å²) >= 11 is 9.56. The van der Waals surface area contributed by atoms with Gasteiger partial charge in [0.2, 0.25) is 5.91 Å². The van der Waals surface area contributed by atoms with E-state index in [1.165, 1.54) is 0 Å². The summed E-state index contributed by atoms with van der Waals surface area (Å²) in [5.74, 6) is 1.21. The second kappa shape index (κ2) is 7.54. The van der Waals surface area contributed by atoms with Crippen LogP contribution < -0.4 is 19.7 Å². The first-order valence-corrected chi connectivity index (χ1v) is 8.96. The highest BCUT2D eigenvalue weighted by Gasteiger charge is 2.17. The minimum atomic E-state index is -0.136. The largest absolute Gasteiger partial charge is 0.486 e. The molecule has 0 fully saturated rings. The number of hydrogen-bond donors (Lipinski definition) is 1. The van der Waals surface area contributed by atoms with Crippen LogP contribution in [0.4, 0.5) is 11.4 Å². The zero-order chi connectivity index (χ0) is 18.0. The number of anilines is 2. The lowest BCUT2D eigenvalue weighted by Gasteiger charge is -2.20. The van der Waals surface area contributed by atoms with Crippen molar-refractivity contribution in [2.75, 3.05) is 37.5 Å². The quantitative estimate of drug-likeness (QED) is 0.800. The third-order valence-corrected chi connectivity index (χ3v) is 4.75. The van der Waals surface area contributed by atoms with Crippen LogP contribution in [0, 0.1) is 0 Å². The maximum atomic E-state index is 12.5. The molecule has 0 aromatic heterocycles. The van der Waals surface area contributed by atoms with Gasteiger partial charge in [-0.3, -0.25) is 4.79 Å². The number of carbonyl (C=O) groups excluding carboxylic acids is 1. The molecule has 1 amide bonds. The van der Waals surface area contributed by atoms with Gasteiger partial charge in [-0.15, -0.1) is 0 Å². The second-order valence-corrected chi connectivity index (χ2v) is 7.16. The van der Waals surface area contributed by atoms with Gasteiger partial charge in [0, 0.05) is 23.6 Å². The molecule has 0 saturated carbocycles. The third kappa shape index (κ3) is 4.19. The van der Waals surface area contributed by atoms with Gasteiger partial charge in [-0.1, -0.05) is 27.5 Å². The van der Waals surface area contributed by atoms with Crippen molar-refractivity contribution < 1.29 is 14.3 Å². The SMILES string of the molecule is CN(C)c1ccc(Cl)cc1NC(=O)Cc1cc2c(cc1Br)OCCO2. The van der Waals surface area contributed by atoms with Gasteiger partial charge in [-0.05, 0) is 35.9 Å². The maximum absolute atomic E-state index is 12.5. The van der Waals surface area contributed by atoms with Gasteiger partial charge in [-0.2, -0.15) is 0 Å². The molecule has 1 aliphatic rings. The van der Waals surface area contributed by atoms with Crippen LogP contribution in [0.5, 0.6) is 11.5 Å². The number of benzene rings is 2. The summed E-state index contributed by atoms with van der Waals surface area (Å²) in [6, 6.07) is 9.08. The Morgan fingerprint density at radius 3 is 2.56 bits per heavy atom. The van der Waals surface area contributed by atoms with Crippen LogP contribution in [-0.2, 0) is 11.2 Å². The fourth-order valence-electron chi connectivity index (χ4n) is 2.61. The highest BCUT2D eigenvalue weighted by Crippen LogP contribution is 2.36. The molecule has 132 valence electrons. The highest BCUT2D eigenvalue weighted by molar-refractivity contribution is 9.10. The van der Waals surface area contributed by atoms with Crippen molar-refractivity contribution in [1.82, 2.24) is 0 Å². The number of fused-ring (bicyclic) bond motifs is 1. The topological polar surface area (TPSA) is 50.8 Å². The monoisotopic (exact) mass is 424 g/mol. The molecule has 7 heteroatoms. The van der Waals surface area contributed by atoms with E-state index >= 15 is 0 Å². The Balaban J connectivity index is 1.78. The van der Waals surface area contributed by atoms with Gasteiger partial charge < -0.3 is 19.7 Å². The molecule has 1 aliphatic heterocycles. The van der Waals surface area contributed by atoms with Crippen LogP contribution in [-0.4, -0.2) is 33.2 Å². The summed E-state index contributed by atoms with van der Waals surface area (Å²) in [4.78, 5) is 14.4. The van der Waals surface area contributed by atoms with E-state index < -0.39 is 0 Å². The summed E-state index contributed by atoms with van der Waals surface area (Å²) in [5.41, 5.74) is 2.39. The molecule has 2 aromatic carbocycles. The zero-order valence-corrected chi connectivity index (χ0v) is 16.3. The van der Waals surface area contributed by atoms with Crippen molar-refractivity contribution in [2.45, 2.75) is 6.42 Å². The molecule has 2 aromatic rings. The lowest BCUT2D eigenvalue weighted by molar-refractivity contribution is -0.115. The molecule has 0 spiro atoms. The Morgan fingerprint density at radius 2 is 1.88 bits per heavy atom. The molecule has 0 radical (unpaired) electrons. The summed E-state index contributed by atoms with van der Waals surface area (Å²) in [5, 5.41) is 3.50. The van der Waals surface area contributed by atoms with Crippen LogP contribution in [0.2, 0.25) is 5.02 Å². The minimum Gasteiger partial charge on any atom is -0.486 e. The average Bonchev–Trinajstić information content (AvgIpc) is 2.55. The first kappa shape index (κ1) is 17.9. The summed E-state index contributed by atoms with van der Waals surface area (Å²) < 4.78 is 11.9. The summed E-state index contributed by atoms with van der Waals surface area (Å²) in [6.07, 6.45) is 0.205. The molecule has 25 heavy (non-hydrogen) atoms. The molecule has 3 rings (SSSR count). The van der Waals surface area contributed by atoms with Gasteiger partial charge in [0.05, 0.1) is 17.8 Å². The Hall–Kier alpha value is -1.92. The Bertz CT molecular complexity index is 811. The minimum absolute atomic E-state index is 0.136. The average molecular weight is 426 g/mol. The third-order valence-electron chi connectivity index (χ3n) is 3.78. The van der Waals surface area contributed by atoms with Crippen LogP contribution in [0.25, 0.3) is 0 Å². The molecule has 0 saturated heterocycles. The number of hydrogen-bond acceptors (Lipinski definition) is 4. The van der Waals surface area contributed by atoms with E-state index in [9.17, 15) is 4.79 Å². The van der Waals surface area contributed by atoms with E-state index in [0.29, 0.717) is 35.4 Å². The molecule has 5 nitrogen and oxygen atoms in total. The molecule has 1 heterocycles. The number of amides is 1. The lowest BCUT2D eigenvalue weighted by atomic mass is 10.1. The lowest BCUT2D eigenvalue weighted by Crippen LogP contribution is -2.19. The standard InChI is InChI=1S/C18H18BrClN2O3/c1-22(2)15-4-3-12(20)9-14(15)21-18(23)8-11-7-16-17(10-13(11)19)25-6-5-24-16/h3-4,7,9-10H,5-6,8H2,1-2H3,(H,21,23). The molecule has 0 aliphatic carbocycles. The number of ether oxygens (including phenoxy) is 2. The van der Waals surface area contributed by atoms with Gasteiger partial charge >= 0.3 is 0 Å². The first-order valence-electron chi connectivity index (χ1n) is 7.79. The van der Waals surface area contributed by atoms with Crippen molar-refractivity contribution in [3.63, 3.8) is 0 Å². The van der Waals surface area contributed by atoms with Crippen molar-refractivity contribution in [3.05, 3.63) is 45.4 Å². The van der Waals surface area contributed by atoms with Crippen molar-refractivity contribution >= 4 is 44.8 Å². The van der Waals surface area contributed by atoms with E-state index in [1.54, 1.807) is 12.1 Å². The fraction of sp³-hybridized carbons (Fsp3) is 0.278. The predicted molar refractivity (Wildman–Crippen MR) is 103 cm³/mol. The van der Waals surface area contributed by atoms with Crippen LogP contribution in [0.3, 0.4) is 0 Å². The fourth-order valence-corrected chi connectivity index (χ4v) is 3.24. The molecule has 0 bridgehead atoms. The van der Waals surface area contributed by atoms with Crippen LogP contribution in [0.1, 0.15) is 5.56 Å². The number of nitrogens with zero attached hydrogens (tertiary/aromatic N) is 1. The number of rotatable bonds is 4. The Morgan fingerprint density at radius 1 is 1.20 bits per heavy atom. The zero-order valence-electron chi connectivity index (χ0n) is 13.9. The van der Waals surface area contributed by atoms with E-state index in [0.717, 1.165) is 15.7 Å². The van der Waals surface area contributed by atoms with Crippen LogP contribution in [0.15, 0.2) is 34.8 Å². The van der Waals surface area contributed by atoms with Gasteiger partial charge in [0.25, 0.3) is 0 Å². The normalized spacial score (nSPS) is 12.6. The molecule has 0 unspecified atom stereocenters. The van der Waals surface area contributed by atoms with E-state index in [1.807, 2.05) is 37.2 Å². The van der Waals surface area contributed by atoms with Crippen molar-refractivity contribution in [2.24, 2.45) is 0 Å². The van der Waals surface area contributed by atoms with Gasteiger partial charge in [0.1, 0.15) is 13.2 Å². The van der Waals surface area contributed by atoms with Crippen LogP contribution >= 0.6 is 27.5 Å². The Kier molecular flexibility index (Phi) is 5.39. The summed E-state index contributed by atoms with van der Waals surface area (Å²) in [6.45, 7) is 1.04. The molecular formula is C18H18BrClN2O3. The van der Waals surface area contributed by atoms with E-state index in [2.05, 4.69) is 21.2 Å². The highest BCUT2D eigenvalue weighted by atomic mass is 79.9. The number of carbonyl (C=O) groups is 1. The van der Waals surface area contributed by atoms with Gasteiger partial charge in [0.15, 0.2) is 11.5 Å².